The van der Waals surface area contributed by atoms with Crippen LogP contribution in [0.5, 0.6) is 11.5 Å². The van der Waals surface area contributed by atoms with Crippen LogP contribution in [-0.4, -0.2) is 38.3 Å². The number of carbonyl (C=O) groups excluding carboxylic acids is 1. The highest BCUT2D eigenvalue weighted by atomic mass is 16.5. The van der Waals surface area contributed by atoms with Crippen molar-refractivity contribution >= 4 is 5.91 Å². The normalized spacial score (nSPS) is 16.1. The lowest BCUT2D eigenvalue weighted by Crippen LogP contribution is -2.44. The Kier molecular flexibility index (Phi) is 4.80. The van der Waals surface area contributed by atoms with E-state index in [2.05, 4.69) is 10.2 Å². The molecule has 4 rings (SSSR count). The molecule has 2 N–H and O–H groups in total. The van der Waals surface area contributed by atoms with E-state index in [4.69, 9.17) is 4.74 Å². The van der Waals surface area contributed by atoms with Gasteiger partial charge in [-0.25, -0.2) is 0 Å². The van der Waals surface area contributed by atoms with Gasteiger partial charge in [-0.1, -0.05) is 35.9 Å². The number of phenols is 1. The van der Waals surface area contributed by atoms with E-state index < -0.39 is 5.54 Å². The molecular formula is C24H27N3O3. The molecule has 0 bridgehead atoms. The third-order valence-electron chi connectivity index (χ3n) is 5.42. The SMILES string of the molecule is CCOc1cc(C2c3c(-c4ccc(C)cc4)n[nH]c3C(=O)N2C(C)(C)C)ccc1O. The van der Waals surface area contributed by atoms with Gasteiger partial charge in [0.15, 0.2) is 11.5 Å². The molecule has 0 saturated heterocycles. The van der Waals surface area contributed by atoms with Crippen LogP contribution >= 0.6 is 0 Å². The van der Waals surface area contributed by atoms with E-state index in [-0.39, 0.29) is 17.7 Å². The Labute approximate surface area is 176 Å². The fourth-order valence-corrected chi connectivity index (χ4v) is 4.06. The number of nitrogens with one attached hydrogen (secondary N) is 1. The van der Waals surface area contributed by atoms with Gasteiger partial charge in [0.05, 0.1) is 18.3 Å². The molecule has 0 aliphatic carbocycles. The van der Waals surface area contributed by atoms with Gasteiger partial charge in [0.1, 0.15) is 5.69 Å². The van der Waals surface area contributed by atoms with Gasteiger partial charge in [0.2, 0.25) is 0 Å². The highest BCUT2D eigenvalue weighted by molar-refractivity contribution is 6.00. The topological polar surface area (TPSA) is 78.5 Å². The lowest BCUT2D eigenvalue weighted by molar-refractivity contribution is 0.0545. The van der Waals surface area contributed by atoms with Crippen LogP contribution in [-0.2, 0) is 0 Å². The number of carbonyl (C=O) groups is 1. The minimum absolute atomic E-state index is 0.0819. The Morgan fingerprint density at radius 2 is 1.87 bits per heavy atom. The van der Waals surface area contributed by atoms with Gasteiger partial charge in [0, 0.05) is 16.7 Å². The molecule has 2 heterocycles. The van der Waals surface area contributed by atoms with Crippen LogP contribution in [0.3, 0.4) is 0 Å². The number of nitrogens with zero attached hydrogens (tertiary/aromatic N) is 2. The molecule has 3 aromatic rings. The Morgan fingerprint density at radius 3 is 2.50 bits per heavy atom. The summed E-state index contributed by atoms with van der Waals surface area (Å²) in [4.78, 5) is 15.2. The number of aryl methyl sites for hydroxylation is 1. The van der Waals surface area contributed by atoms with Crippen LogP contribution in [0.1, 0.15) is 60.9 Å². The van der Waals surface area contributed by atoms with Gasteiger partial charge in [-0.3, -0.25) is 9.89 Å². The highest BCUT2D eigenvalue weighted by Gasteiger charge is 2.46. The summed E-state index contributed by atoms with van der Waals surface area (Å²) < 4.78 is 5.61. The first-order valence-corrected chi connectivity index (χ1v) is 10.2. The molecule has 1 aromatic heterocycles. The van der Waals surface area contributed by atoms with E-state index in [9.17, 15) is 9.90 Å². The van der Waals surface area contributed by atoms with Crippen molar-refractivity contribution in [3.05, 3.63) is 64.8 Å². The Hall–Kier alpha value is -3.28. The number of fused-ring (bicyclic) bond motifs is 1. The molecule has 2 aromatic carbocycles. The molecule has 1 aliphatic rings. The van der Waals surface area contributed by atoms with Crippen LogP contribution in [0.2, 0.25) is 0 Å². The van der Waals surface area contributed by atoms with Crippen molar-refractivity contribution in [2.24, 2.45) is 0 Å². The minimum Gasteiger partial charge on any atom is -0.504 e. The van der Waals surface area contributed by atoms with Crippen molar-refractivity contribution in [1.82, 2.24) is 15.1 Å². The summed E-state index contributed by atoms with van der Waals surface area (Å²) >= 11 is 0. The van der Waals surface area contributed by atoms with Gasteiger partial charge < -0.3 is 14.7 Å². The first kappa shape index (κ1) is 20.0. The molecule has 1 unspecified atom stereocenters. The molecule has 0 radical (unpaired) electrons. The van der Waals surface area contributed by atoms with E-state index >= 15 is 0 Å². The van der Waals surface area contributed by atoms with Crippen LogP contribution in [0.25, 0.3) is 11.3 Å². The maximum Gasteiger partial charge on any atom is 0.273 e. The third kappa shape index (κ3) is 3.22. The van der Waals surface area contributed by atoms with Crippen molar-refractivity contribution in [2.75, 3.05) is 6.61 Å². The second-order valence-electron chi connectivity index (χ2n) is 8.64. The average molecular weight is 405 g/mol. The smallest absolute Gasteiger partial charge is 0.273 e. The Bertz CT molecular complexity index is 1090. The number of amides is 1. The minimum atomic E-state index is -0.421. The molecule has 30 heavy (non-hydrogen) atoms. The number of aromatic hydroxyl groups is 1. The van der Waals surface area contributed by atoms with E-state index in [1.807, 2.05) is 75.9 Å². The summed E-state index contributed by atoms with van der Waals surface area (Å²) in [5.41, 5.74) is 4.69. The van der Waals surface area contributed by atoms with Crippen molar-refractivity contribution in [3.8, 4) is 22.8 Å². The zero-order valence-electron chi connectivity index (χ0n) is 18.0. The number of aromatic nitrogens is 2. The van der Waals surface area contributed by atoms with Crippen molar-refractivity contribution in [2.45, 2.75) is 46.2 Å². The number of H-pyrrole nitrogens is 1. The predicted octanol–water partition coefficient (Wildman–Crippen LogP) is 4.83. The molecule has 0 saturated carbocycles. The maximum atomic E-state index is 13.4. The Balaban J connectivity index is 1.92. The fraction of sp³-hybridized carbons (Fsp3) is 0.333. The molecule has 6 heteroatoms. The number of phenolic OH excluding ortho intramolecular Hbond substituents is 1. The monoisotopic (exact) mass is 405 g/mol. The van der Waals surface area contributed by atoms with E-state index in [1.165, 1.54) is 0 Å². The van der Waals surface area contributed by atoms with Crippen LogP contribution in [0.15, 0.2) is 42.5 Å². The highest BCUT2D eigenvalue weighted by Crippen LogP contribution is 2.47. The number of benzene rings is 2. The first-order valence-electron chi connectivity index (χ1n) is 10.2. The lowest BCUT2D eigenvalue weighted by atomic mass is 9.93. The lowest BCUT2D eigenvalue weighted by Gasteiger charge is -2.38. The molecule has 6 nitrogen and oxygen atoms in total. The molecule has 0 spiro atoms. The quantitative estimate of drug-likeness (QED) is 0.651. The number of hydrogen-bond donors (Lipinski definition) is 2. The molecule has 1 atom stereocenters. The number of hydrogen-bond acceptors (Lipinski definition) is 4. The van der Waals surface area contributed by atoms with Crippen molar-refractivity contribution in [3.63, 3.8) is 0 Å². The number of rotatable bonds is 4. The predicted molar refractivity (Wildman–Crippen MR) is 116 cm³/mol. The number of aromatic amines is 1. The summed E-state index contributed by atoms with van der Waals surface area (Å²) in [6.07, 6.45) is 0. The number of ether oxygens (including phenoxy) is 1. The van der Waals surface area contributed by atoms with Gasteiger partial charge in [-0.2, -0.15) is 5.10 Å². The average Bonchev–Trinajstić information content (AvgIpc) is 3.23. The third-order valence-corrected chi connectivity index (χ3v) is 5.42. The van der Waals surface area contributed by atoms with Gasteiger partial charge in [-0.05, 0) is 52.3 Å². The molecule has 156 valence electrons. The van der Waals surface area contributed by atoms with Gasteiger partial charge in [0.25, 0.3) is 5.91 Å². The summed E-state index contributed by atoms with van der Waals surface area (Å²) in [7, 11) is 0. The second kappa shape index (κ2) is 7.20. The van der Waals surface area contributed by atoms with Crippen molar-refractivity contribution < 1.29 is 14.6 Å². The zero-order valence-corrected chi connectivity index (χ0v) is 18.0. The maximum absolute atomic E-state index is 13.4. The fourth-order valence-electron chi connectivity index (χ4n) is 4.06. The zero-order chi connectivity index (χ0) is 21.6. The molecule has 1 amide bonds. The Morgan fingerprint density at radius 1 is 1.17 bits per heavy atom. The van der Waals surface area contributed by atoms with E-state index in [1.54, 1.807) is 6.07 Å². The second-order valence-corrected chi connectivity index (χ2v) is 8.64. The standard InChI is InChI=1S/C24H27N3O3/c1-6-30-18-13-16(11-12-17(18)28)22-19-20(15-9-7-14(2)8-10-15)25-26-21(19)23(29)27(22)24(3,4)5/h7-13,22,28H,6H2,1-5H3,(H,25,26). The van der Waals surface area contributed by atoms with Crippen molar-refractivity contribution in [1.29, 1.82) is 0 Å². The summed E-state index contributed by atoms with van der Waals surface area (Å²) in [5, 5.41) is 17.7. The first-order chi connectivity index (χ1) is 14.2. The van der Waals surface area contributed by atoms with Crippen LogP contribution in [0, 0.1) is 6.92 Å². The van der Waals surface area contributed by atoms with Gasteiger partial charge in [-0.15, -0.1) is 0 Å². The molecular weight excluding hydrogens is 378 g/mol. The van der Waals surface area contributed by atoms with Gasteiger partial charge >= 0.3 is 0 Å². The molecule has 1 aliphatic heterocycles. The summed E-state index contributed by atoms with van der Waals surface area (Å²) in [6.45, 7) is 10.4. The summed E-state index contributed by atoms with van der Waals surface area (Å²) in [5.74, 6) is 0.406. The van der Waals surface area contributed by atoms with E-state index in [0.717, 1.165) is 27.9 Å². The van der Waals surface area contributed by atoms with Crippen LogP contribution in [0.4, 0.5) is 0 Å². The molecule has 0 fully saturated rings. The summed E-state index contributed by atoms with van der Waals surface area (Å²) in [6, 6.07) is 13.1. The van der Waals surface area contributed by atoms with E-state index in [0.29, 0.717) is 18.1 Å². The largest absolute Gasteiger partial charge is 0.504 e. The van der Waals surface area contributed by atoms with Crippen LogP contribution < -0.4 is 4.74 Å².